The fourth-order valence-corrected chi connectivity index (χ4v) is 1.83. The van der Waals surface area contributed by atoms with Gasteiger partial charge < -0.3 is 10.1 Å². The van der Waals surface area contributed by atoms with Crippen LogP contribution in [0.4, 0.5) is 0 Å². The van der Waals surface area contributed by atoms with Gasteiger partial charge in [0.1, 0.15) is 0 Å². The van der Waals surface area contributed by atoms with Crippen molar-refractivity contribution in [2.24, 2.45) is 0 Å². The molecule has 1 aromatic carbocycles. The van der Waals surface area contributed by atoms with Gasteiger partial charge in [-0.3, -0.25) is 4.90 Å². The molecule has 3 heteroatoms. The second-order valence-corrected chi connectivity index (χ2v) is 4.35. The fourth-order valence-electron chi connectivity index (χ4n) is 1.83. The third kappa shape index (κ3) is 5.31. The van der Waals surface area contributed by atoms with Gasteiger partial charge in [-0.25, -0.2) is 0 Å². The van der Waals surface area contributed by atoms with Crippen LogP contribution in [0.2, 0.25) is 0 Å². The lowest BCUT2D eigenvalue weighted by molar-refractivity contribution is 0.158. The van der Waals surface area contributed by atoms with E-state index in [0.29, 0.717) is 0 Å². The summed E-state index contributed by atoms with van der Waals surface area (Å²) in [6.45, 7) is 3.77. The van der Waals surface area contributed by atoms with Crippen LogP contribution in [0.1, 0.15) is 11.1 Å². The van der Waals surface area contributed by atoms with Crippen molar-refractivity contribution in [3.05, 3.63) is 35.4 Å². The van der Waals surface area contributed by atoms with E-state index in [4.69, 9.17) is 4.74 Å². The van der Waals surface area contributed by atoms with Crippen LogP contribution in [-0.2, 0) is 17.7 Å². The lowest BCUT2D eigenvalue weighted by Crippen LogP contribution is -2.23. The standard InChI is InChI=1S/C14H24N2O/c1-15-9-8-13-6-4-5-7-14(13)12-16(2)10-11-17-3/h4-7,15H,8-12H2,1-3H3. The van der Waals surface area contributed by atoms with Gasteiger partial charge >= 0.3 is 0 Å². The number of benzene rings is 1. The molecule has 0 unspecified atom stereocenters. The Morgan fingerprint density at radius 2 is 1.94 bits per heavy atom. The monoisotopic (exact) mass is 236 g/mol. The van der Waals surface area contributed by atoms with Crippen LogP contribution >= 0.6 is 0 Å². The first-order valence-corrected chi connectivity index (χ1v) is 6.16. The van der Waals surface area contributed by atoms with Gasteiger partial charge in [0, 0.05) is 20.2 Å². The normalized spacial score (nSPS) is 11.1. The molecule has 0 aliphatic rings. The summed E-state index contributed by atoms with van der Waals surface area (Å²) in [7, 11) is 5.87. The zero-order valence-electron chi connectivity index (χ0n) is 11.2. The van der Waals surface area contributed by atoms with Gasteiger partial charge in [-0.15, -0.1) is 0 Å². The first-order chi connectivity index (χ1) is 8.27. The summed E-state index contributed by atoms with van der Waals surface area (Å²) >= 11 is 0. The van der Waals surface area contributed by atoms with Crippen molar-refractivity contribution in [1.82, 2.24) is 10.2 Å². The molecule has 1 rings (SSSR count). The summed E-state index contributed by atoms with van der Waals surface area (Å²) in [5.74, 6) is 0. The Hall–Kier alpha value is -0.900. The number of nitrogens with zero attached hydrogens (tertiary/aromatic N) is 1. The van der Waals surface area contributed by atoms with Crippen molar-refractivity contribution >= 4 is 0 Å². The van der Waals surface area contributed by atoms with E-state index >= 15 is 0 Å². The third-order valence-corrected chi connectivity index (χ3v) is 2.88. The average Bonchev–Trinajstić information content (AvgIpc) is 2.35. The summed E-state index contributed by atoms with van der Waals surface area (Å²) in [4.78, 5) is 2.29. The van der Waals surface area contributed by atoms with Crippen molar-refractivity contribution in [3.63, 3.8) is 0 Å². The number of nitrogens with one attached hydrogen (secondary N) is 1. The fraction of sp³-hybridized carbons (Fsp3) is 0.571. The Balaban J connectivity index is 2.56. The van der Waals surface area contributed by atoms with E-state index < -0.39 is 0 Å². The molecule has 3 nitrogen and oxygen atoms in total. The van der Waals surface area contributed by atoms with Crippen molar-refractivity contribution in [3.8, 4) is 0 Å². The largest absolute Gasteiger partial charge is 0.383 e. The molecule has 0 aliphatic carbocycles. The van der Waals surface area contributed by atoms with Crippen LogP contribution in [0.25, 0.3) is 0 Å². The maximum Gasteiger partial charge on any atom is 0.0589 e. The highest BCUT2D eigenvalue weighted by atomic mass is 16.5. The first kappa shape index (κ1) is 14.2. The minimum Gasteiger partial charge on any atom is -0.383 e. The molecule has 0 saturated heterocycles. The minimum atomic E-state index is 0.787. The maximum absolute atomic E-state index is 5.09. The molecule has 0 amide bonds. The predicted molar refractivity (Wildman–Crippen MR) is 72.3 cm³/mol. The highest BCUT2D eigenvalue weighted by Gasteiger charge is 2.04. The van der Waals surface area contributed by atoms with Gasteiger partial charge in [-0.2, -0.15) is 0 Å². The van der Waals surface area contributed by atoms with Crippen molar-refractivity contribution < 1.29 is 4.74 Å². The Morgan fingerprint density at radius 3 is 2.59 bits per heavy atom. The van der Waals surface area contributed by atoms with Gasteiger partial charge in [0.25, 0.3) is 0 Å². The van der Waals surface area contributed by atoms with Crippen LogP contribution < -0.4 is 5.32 Å². The molecule has 0 spiro atoms. The zero-order chi connectivity index (χ0) is 12.5. The van der Waals surface area contributed by atoms with E-state index in [2.05, 4.69) is 41.5 Å². The second kappa shape index (κ2) is 8.23. The van der Waals surface area contributed by atoms with Gasteiger partial charge in [0.2, 0.25) is 0 Å². The number of hydrogen-bond acceptors (Lipinski definition) is 3. The zero-order valence-corrected chi connectivity index (χ0v) is 11.2. The molecule has 1 aromatic rings. The molecule has 0 fully saturated rings. The third-order valence-electron chi connectivity index (χ3n) is 2.88. The number of rotatable bonds is 8. The van der Waals surface area contributed by atoms with Crippen LogP contribution in [-0.4, -0.2) is 45.8 Å². The second-order valence-electron chi connectivity index (χ2n) is 4.35. The smallest absolute Gasteiger partial charge is 0.0589 e. The van der Waals surface area contributed by atoms with Gasteiger partial charge in [-0.1, -0.05) is 24.3 Å². The van der Waals surface area contributed by atoms with E-state index in [1.807, 2.05) is 7.05 Å². The van der Waals surface area contributed by atoms with Gasteiger partial charge in [0.05, 0.1) is 6.61 Å². The van der Waals surface area contributed by atoms with Gasteiger partial charge in [-0.05, 0) is 38.2 Å². The summed E-state index contributed by atoms with van der Waals surface area (Å²) < 4.78 is 5.09. The molecule has 96 valence electrons. The quantitative estimate of drug-likeness (QED) is 0.741. The highest BCUT2D eigenvalue weighted by molar-refractivity contribution is 5.27. The summed E-state index contributed by atoms with van der Waals surface area (Å²) in [6, 6.07) is 8.66. The minimum absolute atomic E-state index is 0.787. The Bertz CT molecular complexity index is 315. The average molecular weight is 236 g/mol. The molecule has 17 heavy (non-hydrogen) atoms. The van der Waals surface area contributed by atoms with Crippen molar-refractivity contribution in [1.29, 1.82) is 0 Å². The Labute approximate surface area is 105 Å². The molecule has 1 N–H and O–H groups in total. The number of ether oxygens (including phenoxy) is 1. The van der Waals surface area contributed by atoms with E-state index in [1.54, 1.807) is 7.11 Å². The van der Waals surface area contributed by atoms with E-state index in [0.717, 1.165) is 32.7 Å². The maximum atomic E-state index is 5.09. The number of hydrogen-bond donors (Lipinski definition) is 1. The molecule has 0 aliphatic heterocycles. The van der Waals surface area contributed by atoms with Crippen LogP contribution in [0.3, 0.4) is 0 Å². The molecule has 0 aromatic heterocycles. The van der Waals surface area contributed by atoms with Crippen LogP contribution in [0.15, 0.2) is 24.3 Å². The van der Waals surface area contributed by atoms with Crippen molar-refractivity contribution in [2.75, 3.05) is 40.9 Å². The Kier molecular flexibility index (Phi) is 6.86. The van der Waals surface area contributed by atoms with E-state index in [9.17, 15) is 0 Å². The van der Waals surface area contributed by atoms with Crippen molar-refractivity contribution in [2.45, 2.75) is 13.0 Å². The molecule has 0 bridgehead atoms. The van der Waals surface area contributed by atoms with E-state index in [1.165, 1.54) is 11.1 Å². The van der Waals surface area contributed by atoms with Crippen LogP contribution in [0.5, 0.6) is 0 Å². The molecule has 0 atom stereocenters. The molecular formula is C14H24N2O. The molecule has 0 saturated carbocycles. The Morgan fingerprint density at radius 1 is 1.24 bits per heavy atom. The summed E-state index contributed by atoms with van der Waals surface area (Å²) in [5.41, 5.74) is 2.85. The SMILES string of the molecule is CNCCc1ccccc1CN(C)CCOC. The topological polar surface area (TPSA) is 24.5 Å². The predicted octanol–water partition coefficient (Wildman–Crippen LogP) is 1.53. The van der Waals surface area contributed by atoms with E-state index in [-0.39, 0.29) is 0 Å². The first-order valence-electron chi connectivity index (χ1n) is 6.16. The number of methoxy groups -OCH3 is 1. The molecule has 0 heterocycles. The lowest BCUT2D eigenvalue weighted by Gasteiger charge is -2.18. The van der Waals surface area contributed by atoms with Crippen LogP contribution in [0, 0.1) is 0 Å². The highest BCUT2D eigenvalue weighted by Crippen LogP contribution is 2.11. The number of likely N-dealkylation sites (N-methyl/N-ethyl adjacent to an activating group) is 2. The molecule has 0 radical (unpaired) electrons. The molecular weight excluding hydrogens is 212 g/mol. The summed E-state index contributed by atoms with van der Waals surface area (Å²) in [6.07, 6.45) is 1.09. The summed E-state index contributed by atoms with van der Waals surface area (Å²) in [5, 5.41) is 3.20. The van der Waals surface area contributed by atoms with Gasteiger partial charge in [0.15, 0.2) is 0 Å². The lowest BCUT2D eigenvalue weighted by atomic mass is 10.0.